The molecule has 0 bridgehead atoms. The van der Waals surface area contributed by atoms with Crippen LogP contribution in [0.1, 0.15) is 22.8 Å². The van der Waals surface area contributed by atoms with E-state index in [0.717, 1.165) is 5.57 Å². The number of alkyl halides is 1. The minimum absolute atomic E-state index is 0.138. The van der Waals surface area contributed by atoms with Gasteiger partial charge in [0.25, 0.3) is 0 Å². The second-order valence-corrected chi connectivity index (χ2v) is 5.35. The zero-order valence-electron chi connectivity index (χ0n) is 10.6. The molecular weight excluding hydrogens is 266 g/mol. The number of aromatic carboxylic acids is 1. The number of aromatic nitrogens is 1. The third kappa shape index (κ3) is 3.03. The molecule has 19 heavy (non-hydrogen) atoms. The van der Waals surface area contributed by atoms with Gasteiger partial charge in [-0.2, -0.15) is 0 Å². The zero-order valence-corrected chi connectivity index (χ0v) is 11.4. The predicted molar refractivity (Wildman–Crippen MR) is 73.4 cm³/mol. The van der Waals surface area contributed by atoms with Gasteiger partial charge in [-0.25, -0.2) is 4.79 Å². The van der Waals surface area contributed by atoms with E-state index in [9.17, 15) is 4.79 Å². The van der Waals surface area contributed by atoms with Gasteiger partial charge in [0.15, 0.2) is 0 Å². The lowest BCUT2D eigenvalue weighted by Crippen LogP contribution is -2.21. The Bertz CT molecular complexity index is 564. The molecule has 0 aliphatic heterocycles. The van der Waals surface area contributed by atoms with Crippen molar-refractivity contribution in [2.45, 2.75) is 17.9 Å². The van der Waals surface area contributed by atoms with Crippen molar-refractivity contribution in [2.75, 3.05) is 7.11 Å². The Labute approximate surface area is 116 Å². The maximum atomic E-state index is 11.0. The SMILES string of the molecule is COC1C=CC(C)(Cl)C=C1c1cncc(C(=O)O)c1. The van der Waals surface area contributed by atoms with Crippen molar-refractivity contribution in [1.82, 2.24) is 4.98 Å². The number of pyridine rings is 1. The summed E-state index contributed by atoms with van der Waals surface area (Å²) in [5.41, 5.74) is 1.65. The first-order valence-corrected chi connectivity index (χ1v) is 6.13. The number of carbonyl (C=O) groups is 1. The van der Waals surface area contributed by atoms with Crippen molar-refractivity contribution in [2.24, 2.45) is 0 Å². The summed E-state index contributed by atoms with van der Waals surface area (Å²) in [6.45, 7) is 1.85. The number of halogens is 1. The highest BCUT2D eigenvalue weighted by Crippen LogP contribution is 2.33. The first-order valence-electron chi connectivity index (χ1n) is 5.75. The highest BCUT2D eigenvalue weighted by atomic mass is 35.5. The van der Waals surface area contributed by atoms with Gasteiger partial charge in [0.1, 0.15) is 6.10 Å². The van der Waals surface area contributed by atoms with E-state index in [1.165, 1.54) is 6.20 Å². The smallest absolute Gasteiger partial charge is 0.337 e. The number of hydrogen-bond donors (Lipinski definition) is 1. The molecule has 1 aliphatic carbocycles. The van der Waals surface area contributed by atoms with E-state index >= 15 is 0 Å². The van der Waals surface area contributed by atoms with Crippen LogP contribution in [0.2, 0.25) is 0 Å². The third-order valence-corrected chi connectivity index (χ3v) is 3.15. The topological polar surface area (TPSA) is 59.4 Å². The Kier molecular flexibility index (Phi) is 3.73. The first-order chi connectivity index (χ1) is 8.93. The molecule has 1 aliphatic rings. The van der Waals surface area contributed by atoms with E-state index in [0.29, 0.717) is 5.56 Å². The monoisotopic (exact) mass is 279 g/mol. The van der Waals surface area contributed by atoms with Gasteiger partial charge in [0.05, 0.1) is 10.4 Å². The Balaban J connectivity index is 2.46. The van der Waals surface area contributed by atoms with E-state index in [4.69, 9.17) is 21.4 Å². The molecule has 1 N–H and O–H groups in total. The molecule has 2 rings (SSSR count). The van der Waals surface area contributed by atoms with Gasteiger partial charge in [-0.15, -0.1) is 11.6 Å². The van der Waals surface area contributed by atoms with Crippen molar-refractivity contribution >= 4 is 23.1 Å². The molecule has 0 radical (unpaired) electrons. The molecule has 100 valence electrons. The van der Waals surface area contributed by atoms with Crippen LogP contribution in [0.4, 0.5) is 0 Å². The maximum absolute atomic E-state index is 11.0. The first kappa shape index (κ1) is 13.8. The Morgan fingerprint density at radius 3 is 2.89 bits per heavy atom. The van der Waals surface area contributed by atoms with Crippen molar-refractivity contribution in [3.63, 3.8) is 0 Å². The minimum atomic E-state index is -1.01. The maximum Gasteiger partial charge on any atom is 0.337 e. The normalized spacial score (nSPS) is 26.1. The van der Waals surface area contributed by atoms with Gasteiger partial charge >= 0.3 is 5.97 Å². The van der Waals surface area contributed by atoms with Crippen LogP contribution in [0.3, 0.4) is 0 Å². The molecule has 1 aromatic rings. The van der Waals surface area contributed by atoms with E-state index in [-0.39, 0.29) is 11.7 Å². The number of ether oxygens (including phenoxy) is 1. The van der Waals surface area contributed by atoms with Crippen molar-refractivity contribution in [3.05, 3.63) is 47.8 Å². The largest absolute Gasteiger partial charge is 0.478 e. The quantitative estimate of drug-likeness (QED) is 0.683. The summed E-state index contributed by atoms with van der Waals surface area (Å²) in [6.07, 6.45) is 8.23. The third-order valence-electron chi connectivity index (χ3n) is 2.91. The van der Waals surface area contributed by atoms with E-state index in [1.807, 2.05) is 25.2 Å². The summed E-state index contributed by atoms with van der Waals surface area (Å²) in [5, 5.41) is 9.00. The fourth-order valence-corrected chi connectivity index (χ4v) is 2.17. The molecule has 0 fully saturated rings. The lowest BCUT2D eigenvalue weighted by molar-refractivity contribution is 0.0696. The number of hydrogen-bond acceptors (Lipinski definition) is 3. The van der Waals surface area contributed by atoms with Crippen LogP contribution in [0.15, 0.2) is 36.7 Å². The molecule has 0 saturated heterocycles. The Morgan fingerprint density at radius 2 is 2.26 bits per heavy atom. The summed E-state index contributed by atoms with van der Waals surface area (Å²) >= 11 is 6.29. The van der Waals surface area contributed by atoms with Crippen molar-refractivity contribution in [3.8, 4) is 0 Å². The summed E-state index contributed by atoms with van der Waals surface area (Å²) < 4.78 is 5.36. The van der Waals surface area contributed by atoms with Crippen LogP contribution >= 0.6 is 11.6 Å². The fraction of sp³-hybridized carbons (Fsp3) is 0.286. The molecule has 1 aromatic heterocycles. The van der Waals surface area contributed by atoms with Crippen LogP contribution in [0.25, 0.3) is 5.57 Å². The second kappa shape index (κ2) is 5.15. The summed E-state index contributed by atoms with van der Waals surface area (Å²) in [5.74, 6) is -1.01. The number of allylic oxidation sites excluding steroid dienone is 2. The zero-order chi connectivity index (χ0) is 14.0. The van der Waals surface area contributed by atoms with Gasteiger partial charge in [0, 0.05) is 19.5 Å². The van der Waals surface area contributed by atoms with Crippen molar-refractivity contribution < 1.29 is 14.6 Å². The molecule has 1 heterocycles. The Morgan fingerprint density at radius 1 is 1.53 bits per heavy atom. The second-order valence-electron chi connectivity index (χ2n) is 4.53. The van der Waals surface area contributed by atoms with Gasteiger partial charge in [-0.3, -0.25) is 4.98 Å². The van der Waals surface area contributed by atoms with E-state index in [2.05, 4.69) is 4.98 Å². The highest BCUT2D eigenvalue weighted by Gasteiger charge is 2.25. The van der Waals surface area contributed by atoms with Crippen LogP contribution in [0.5, 0.6) is 0 Å². The molecule has 0 amide bonds. The highest BCUT2D eigenvalue weighted by molar-refractivity contribution is 6.27. The van der Waals surface area contributed by atoms with Gasteiger partial charge < -0.3 is 9.84 Å². The number of nitrogens with zero attached hydrogens (tertiary/aromatic N) is 1. The van der Waals surface area contributed by atoms with Crippen LogP contribution in [0, 0.1) is 0 Å². The number of carboxylic acids is 1. The number of rotatable bonds is 3. The van der Waals surface area contributed by atoms with Crippen LogP contribution in [-0.4, -0.2) is 34.1 Å². The number of carboxylic acid groups (broad SMARTS) is 1. The summed E-state index contributed by atoms with van der Waals surface area (Å²) in [6, 6.07) is 1.57. The van der Waals surface area contributed by atoms with Crippen LogP contribution < -0.4 is 0 Å². The van der Waals surface area contributed by atoms with Gasteiger partial charge in [0.2, 0.25) is 0 Å². The molecular formula is C14H14ClNO3. The fourth-order valence-electron chi connectivity index (χ4n) is 1.98. The van der Waals surface area contributed by atoms with Crippen LogP contribution in [-0.2, 0) is 4.74 Å². The average Bonchev–Trinajstić information content (AvgIpc) is 2.38. The van der Waals surface area contributed by atoms with E-state index in [1.54, 1.807) is 19.4 Å². The predicted octanol–water partition coefficient (Wildman–Crippen LogP) is 2.75. The van der Waals surface area contributed by atoms with Crippen molar-refractivity contribution in [1.29, 1.82) is 0 Å². The summed E-state index contributed by atoms with van der Waals surface area (Å²) in [7, 11) is 1.59. The average molecular weight is 280 g/mol. The standard InChI is InChI=1S/C14H14ClNO3/c1-14(15)4-3-12(19-2)11(6-14)9-5-10(13(17)18)8-16-7-9/h3-8,12H,1-2H3,(H,17,18). The molecule has 0 aromatic carbocycles. The molecule has 2 unspecified atom stereocenters. The Hall–Kier alpha value is -1.65. The molecule has 5 heteroatoms. The minimum Gasteiger partial charge on any atom is -0.478 e. The molecule has 2 atom stereocenters. The molecule has 4 nitrogen and oxygen atoms in total. The van der Waals surface area contributed by atoms with Gasteiger partial charge in [-0.1, -0.05) is 18.2 Å². The lowest BCUT2D eigenvalue weighted by Gasteiger charge is -2.26. The molecule has 0 spiro atoms. The lowest BCUT2D eigenvalue weighted by atomic mass is 9.91. The number of methoxy groups -OCH3 is 1. The molecule has 0 saturated carbocycles. The van der Waals surface area contributed by atoms with E-state index < -0.39 is 10.8 Å². The van der Waals surface area contributed by atoms with Gasteiger partial charge in [-0.05, 0) is 24.1 Å². The summed E-state index contributed by atoms with van der Waals surface area (Å²) in [4.78, 5) is 14.3.